The van der Waals surface area contributed by atoms with E-state index in [0.29, 0.717) is 31.2 Å². The molecule has 1 N–H and O–H groups in total. The van der Waals surface area contributed by atoms with E-state index in [-0.39, 0.29) is 22.9 Å². The lowest BCUT2D eigenvalue weighted by molar-refractivity contribution is 0.0600. The van der Waals surface area contributed by atoms with E-state index < -0.39 is 0 Å². The summed E-state index contributed by atoms with van der Waals surface area (Å²) in [5.41, 5.74) is 3.86. The molecule has 2 bridgehead atoms. The Morgan fingerprint density at radius 3 is 2.38 bits per heavy atom. The van der Waals surface area contributed by atoms with Gasteiger partial charge in [0.2, 0.25) is 5.69 Å². The minimum absolute atomic E-state index is 0.0356. The van der Waals surface area contributed by atoms with Crippen LogP contribution in [0.4, 0.5) is 0 Å². The van der Waals surface area contributed by atoms with Gasteiger partial charge in [-0.3, -0.25) is 9.69 Å². The Bertz CT molecular complexity index is 1490. The predicted molar refractivity (Wildman–Crippen MR) is 156 cm³/mol. The number of nitrogens with zero attached hydrogens (tertiary/aromatic N) is 6. The minimum Gasteiger partial charge on any atom is -0.491 e. The number of likely N-dealkylation sites (tertiary alicyclic amines) is 1. The largest absolute Gasteiger partial charge is 0.491 e. The number of aromatic hydroxyl groups is 1. The molecule has 3 saturated heterocycles. The Balaban J connectivity index is 1.07. The van der Waals surface area contributed by atoms with Crippen molar-refractivity contribution in [1.82, 2.24) is 28.1 Å². The molecule has 3 aliphatic rings. The fourth-order valence-electron chi connectivity index (χ4n) is 7.87. The Kier molecular flexibility index (Phi) is 6.59. The SMILES string of the molecule is Cc1nc2ccccc2n1[C@H]1C[C@H]2CC[C@@H](C1)N2CCC1(c2ccccc2)CCN(C(=O)c2nsnc2O)CC1. The highest BCUT2D eigenvalue weighted by Crippen LogP contribution is 2.45. The standard InChI is InChI=1S/C31H36N6O2S/c1-21-32-26-9-5-6-10-27(26)37(21)25-19-23-11-12-24(20-25)36(23)18-15-31(22-7-3-2-4-8-22)13-16-35(17-14-31)30(39)28-29(38)34-40-33-28/h2-10,23-25H,11-20H2,1H3,(H,34,38)/t23-,24+,25+. The summed E-state index contributed by atoms with van der Waals surface area (Å²) in [6.07, 6.45) is 7.83. The lowest BCUT2D eigenvalue weighted by Crippen LogP contribution is -2.49. The van der Waals surface area contributed by atoms with Gasteiger partial charge >= 0.3 is 0 Å². The van der Waals surface area contributed by atoms with Crippen LogP contribution >= 0.6 is 11.7 Å². The van der Waals surface area contributed by atoms with Crippen molar-refractivity contribution in [2.75, 3.05) is 19.6 Å². The van der Waals surface area contributed by atoms with Crippen molar-refractivity contribution in [3.63, 3.8) is 0 Å². The number of imidazole rings is 1. The average molecular weight is 557 g/mol. The first kappa shape index (κ1) is 25.7. The van der Waals surface area contributed by atoms with Crippen LogP contribution in [0, 0.1) is 6.92 Å². The molecule has 3 fully saturated rings. The molecular formula is C31H36N6O2S. The molecule has 3 atom stereocenters. The van der Waals surface area contributed by atoms with Gasteiger partial charge in [-0.15, -0.1) is 4.37 Å². The number of para-hydroxylation sites is 2. The van der Waals surface area contributed by atoms with Gasteiger partial charge in [-0.1, -0.05) is 42.5 Å². The van der Waals surface area contributed by atoms with Gasteiger partial charge in [-0.25, -0.2) is 4.98 Å². The number of hydrogen-bond donors (Lipinski definition) is 1. The molecule has 2 aromatic carbocycles. The molecule has 2 aromatic heterocycles. The Morgan fingerprint density at radius 2 is 1.68 bits per heavy atom. The number of piperidine rings is 2. The molecule has 8 nitrogen and oxygen atoms in total. The van der Waals surface area contributed by atoms with E-state index in [1.807, 2.05) is 4.90 Å². The van der Waals surface area contributed by atoms with Gasteiger partial charge in [0.25, 0.3) is 11.8 Å². The summed E-state index contributed by atoms with van der Waals surface area (Å²) in [6.45, 7) is 4.56. The van der Waals surface area contributed by atoms with Crippen molar-refractivity contribution in [2.24, 2.45) is 0 Å². The quantitative estimate of drug-likeness (QED) is 0.345. The topological polar surface area (TPSA) is 87.4 Å². The number of aromatic nitrogens is 4. The summed E-state index contributed by atoms with van der Waals surface area (Å²) in [7, 11) is 0. The van der Waals surface area contributed by atoms with Gasteiger partial charge in [0, 0.05) is 31.2 Å². The number of rotatable bonds is 6. The first-order valence-electron chi connectivity index (χ1n) is 14.6. The second-order valence-electron chi connectivity index (χ2n) is 11.9. The minimum atomic E-state index is -0.257. The van der Waals surface area contributed by atoms with Crippen molar-refractivity contribution >= 4 is 28.7 Å². The molecule has 3 aliphatic heterocycles. The highest BCUT2D eigenvalue weighted by Gasteiger charge is 2.44. The molecule has 0 spiro atoms. The highest BCUT2D eigenvalue weighted by molar-refractivity contribution is 6.99. The number of carbonyl (C=O) groups is 1. The van der Waals surface area contributed by atoms with Crippen LogP contribution < -0.4 is 0 Å². The summed E-state index contributed by atoms with van der Waals surface area (Å²) in [4.78, 5) is 22.5. The zero-order chi connectivity index (χ0) is 27.3. The number of carbonyl (C=O) groups excluding carboxylic acids is 1. The first-order chi connectivity index (χ1) is 19.5. The maximum Gasteiger partial charge on any atom is 0.279 e. The molecule has 0 radical (unpaired) electrons. The van der Waals surface area contributed by atoms with Gasteiger partial charge in [0.15, 0.2) is 0 Å². The van der Waals surface area contributed by atoms with E-state index in [9.17, 15) is 9.90 Å². The van der Waals surface area contributed by atoms with E-state index in [0.717, 1.165) is 48.9 Å². The number of amides is 1. The van der Waals surface area contributed by atoms with E-state index >= 15 is 0 Å². The number of hydrogen-bond acceptors (Lipinski definition) is 7. The zero-order valence-corrected chi connectivity index (χ0v) is 23.8. The maximum absolute atomic E-state index is 13.0. The molecule has 5 heterocycles. The second-order valence-corrected chi connectivity index (χ2v) is 12.4. The van der Waals surface area contributed by atoms with Crippen molar-refractivity contribution in [3.05, 3.63) is 71.7 Å². The Hall–Kier alpha value is -3.30. The van der Waals surface area contributed by atoms with Crippen LogP contribution in [-0.4, -0.2) is 70.8 Å². The van der Waals surface area contributed by atoms with Gasteiger partial charge < -0.3 is 14.6 Å². The van der Waals surface area contributed by atoms with Crippen molar-refractivity contribution in [1.29, 1.82) is 0 Å². The maximum atomic E-state index is 13.0. The average Bonchev–Trinajstić information content (AvgIpc) is 3.63. The summed E-state index contributed by atoms with van der Waals surface area (Å²) in [5.74, 6) is 0.660. The van der Waals surface area contributed by atoms with Crippen molar-refractivity contribution in [3.8, 4) is 5.88 Å². The molecule has 7 rings (SSSR count). The molecule has 208 valence electrons. The number of benzene rings is 2. The number of fused-ring (bicyclic) bond motifs is 3. The third kappa shape index (κ3) is 4.39. The molecule has 0 saturated carbocycles. The molecule has 0 aliphatic carbocycles. The van der Waals surface area contributed by atoms with Crippen LogP contribution in [0.3, 0.4) is 0 Å². The van der Waals surface area contributed by atoms with Crippen LogP contribution in [0.15, 0.2) is 54.6 Å². The number of aryl methyl sites for hydroxylation is 1. The van der Waals surface area contributed by atoms with Gasteiger partial charge in [-0.05, 0) is 81.5 Å². The van der Waals surface area contributed by atoms with Crippen LogP contribution in [0.25, 0.3) is 11.0 Å². The lowest BCUT2D eigenvalue weighted by atomic mass is 9.70. The smallest absolute Gasteiger partial charge is 0.279 e. The van der Waals surface area contributed by atoms with E-state index in [1.54, 1.807) is 0 Å². The van der Waals surface area contributed by atoms with Crippen molar-refractivity contribution in [2.45, 2.75) is 75.4 Å². The Morgan fingerprint density at radius 1 is 0.975 bits per heavy atom. The molecule has 1 amide bonds. The lowest BCUT2D eigenvalue weighted by Gasteiger charge is -2.45. The third-order valence-corrected chi connectivity index (χ3v) is 10.4. The van der Waals surface area contributed by atoms with Gasteiger partial charge in [0.1, 0.15) is 5.82 Å². The highest BCUT2D eigenvalue weighted by atomic mass is 32.1. The van der Waals surface area contributed by atoms with E-state index in [2.05, 4.69) is 79.7 Å². The molecular weight excluding hydrogens is 520 g/mol. The fourth-order valence-corrected chi connectivity index (χ4v) is 8.32. The summed E-state index contributed by atoms with van der Waals surface area (Å²) >= 11 is 0.878. The molecule has 4 aromatic rings. The van der Waals surface area contributed by atoms with Gasteiger partial charge in [0.05, 0.1) is 22.8 Å². The Labute approximate surface area is 239 Å². The van der Waals surface area contributed by atoms with Crippen LogP contribution in [0.5, 0.6) is 5.88 Å². The summed E-state index contributed by atoms with van der Waals surface area (Å²) in [5, 5.41) is 9.94. The van der Waals surface area contributed by atoms with E-state index in [4.69, 9.17) is 4.98 Å². The third-order valence-electron chi connectivity index (χ3n) is 9.91. The van der Waals surface area contributed by atoms with Crippen LogP contribution in [0.1, 0.15) is 72.9 Å². The van der Waals surface area contributed by atoms with Crippen LogP contribution in [0.2, 0.25) is 0 Å². The normalized spacial score (nSPS) is 24.5. The fraction of sp³-hybridized carbons (Fsp3) is 0.484. The predicted octanol–water partition coefficient (Wildman–Crippen LogP) is 5.33. The summed E-state index contributed by atoms with van der Waals surface area (Å²) < 4.78 is 10.3. The summed E-state index contributed by atoms with van der Waals surface area (Å²) in [6, 6.07) is 21.2. The van der Waals surface area contributed by atoms with Crippen LogP contribution in [-0.2, 0) is 5.41 Å². The second kappa shape index (κ2) is 10.3. The van der Waals surface area contributed by atoms with Crippen molar-refractivity contribution < 1.29 is 9.90 Å². The van der Waals surface area contributed by atoms with Gasteiger partial charge in [-0.2, -0.15) is 4.37 Å². The monoisotopic (exact) mass is 556 g/mol. The molecule has 0 unspecified atom stereocenters. The van der Waals surface area contributed by atoms with E-state index in [1.165, 1.54) is 36.8 Å². The zero-order valence-electron chi connectivity index (χ0n) is 22.9. The molecule has 9 heteroatoms. The first-order valence-corrected chi connectivity index (χ1v) is 15.3. The molecule has 40 heavy (non-hydrogen) atoms.